The highest BCUT2D eigenvalue weighted by atomic mass is 79.9. The number of hydrogen-bond donors (Lipinski definition) is 1. The third kappa shape index (κ3) is 4.99. The molecule has 0 radical (unpaired) electrons. The molecule has 0 saturated heterocycles. The molecule has 1 N–H and O–H groups in total. The van der Waals surface area contributed by atoms with Crippen LogP contribution < -0.4 is 14.8 Å². The normalized spacial score (nSPS) is 10.2. The molecule has 23 heavy (non-hydrogen) atoms. The van der Waals surface area contributed by atoms with E-state index in [1.165, 1.54) is 0 Å². The Morgan fingerprint density at radius 3 is 2.70 bits per heavy atom. The first-order chi connectivity index (χ1) is 11.1. The van der Waals surface area contributed by atoms with Crippen LogP contribution >= 0.6 is 15.9 Å². The Morgan fingerprint density at radius 1 is 1.17 bits per heavy atom. The smallest absolute Gasteiger partial charge is 0.251 e. The van der Waals surface area contributed by atoms with Crippen molar-refractivity contribution in [2.75, 3.05) is 13.7 Å². The standard InChI is InChI=1S/C18H20BrNO3/c1-3-9-23-16-8-7-13(10-17(16)22-2)12-20-18(21)14-5-4-6-15(19)11-14/h4-8,10-11H,3,9,12H2,1-2H3,(H,20,21). The summed E-state index contributed by atoms with van der Waals surface area (Å²) < 4.78 is 11.8. The van der Waals surface area contributed by atoms with E-state index in [1.807, 2.05) is 30.3 Å². The molecule has 4 nitrogen and oxygen atoms in total. The molecule has 0 saturated carbocycles. The Balaban J connectivity index is 2.01. The van der Waals surface area contributed by atoms with Gasteiger partial charge in [-0.1, -0.05) is 35.0 Å². The van der Waals surface area contributed by atoms with Crippen molar-refractivity contribution < 1.29 is 14.3 Å². The van der Waals surface area contributed by atoms with E-state index < -0.39 is 0 Å². The fraction of sp³-hybridized carbons (Fsp3) is 0.278. The molecule has 0 atom stereocenters. The van der Waals surface area contributed by atoms with Gasteiger partial charge in [0, 0.05) is 16.6 Å². The van der Waals surface area contributed by atoms with Gasteiger partial charge in [-0.05, 0) is 42.3 Å². The fourth-order valence-corrected chi connectivity index (χ4v) is 2.47. The van der Waals surface area contributed by atoms with Crippen molar-refractivity contribution in [3.63, 3.8) is 0 Å². The van der Waals surface area contributed by atoms with Gasteiger partial charge in [-0.2, -0.15) is 0 Å². The summed E-state index contributed by atoms with van der Waals surface area (Å²) in [5.74, 6) is 1.28. The van der Waals surface area contributed by atoms with Gasteiger partial charge in [0.25, 0.3) is 5.91 Å². The highest BCUT2D eigenvalue weighted by molar-refractivity contribution is 9.10. The van der Waals surface area contributed by atoms with Crippen LogP contribution in [0.15, 0.2) is 46.9 Å². The third-order valence-corrected chi connectivity index (χ3v) is 3.72. The molecular formula is C18H20BrNO3. The van der Waals surface area contributed by atoms with Crippen molar-refractivity contribution >= 4 is 21.8 Å². The summed E-state index contributed by atoms with van der Waals surface area (Å²) in [5, 5.41) is 2.90. The second kappa shape index (κ2) is 8.58. The lowest BCUT2D eigenvalue weighted by atomic mass is 10.1. The first-order valence-electron chi connectivity index (χ1n) is 7.47. The van der Waals surface area contributed by atoms with Gasteiger partial charge in [0.2, 0.25) is 0 Å². The van der Waals surface area contributed by atoms with Crippen LogP contribution in [-0.2, 0) is 6.54 Å². The molecule has 5 heteroatoms. The number of halogens is 1. The van der Waals surface area contributed by atoms with Gasteiger partial charge in [-0.25, -0.2) is 0 Å². The molecule has 0 aliphatic carbocycles. The number of benzene rings is 2. The zero-order valence-corrected chi connectivity index (χ0v) is 14.9. The van der Waals surface area contributed by atoms with Crippen molar-refractivity contribution in [2.45, 2.75) is 19.9 Å². The maximum Gasteiger partial charge on any atom is 0.251 e. The number of amides is 1. The van der Waals surface area contributed by atoms with Gasteiger partial charge in [-0.15, -0.1) is 0 Å². The van der Waals surface area contributed by atoms with E-state index in [2.05, 4.69) is 28.2 Å². The molecule has 1 amide bonds. The molecule has 0 aliphatic heterocycles. The Labute approximate surface area is 144 Å². The summed E-state index contributed by atoms with van der Waals surface area (Å²) in [6.07, 6.45) is 0.938. The molecular weight excluding hydrogens is 358 g/mol. The maximum absolute atomic E-state index is 12.1. The van der Waals surface area contributed by atoms with Crippen molar-refractivity contribution in [1.82, 2.24) is 5.32 Å². The minimum atomic E-state index is -0.114. The van der Waals surface area contributed by atoms with Gasteiger partial charge in [-0.3, -0.25) is 4.79 Å². The van der Waals surface area contributed by atoms with Crippen LogP contribution in [0.5, 0.6) is 11.5 Å². The summed E-state index contributed by atoms with van der Waals surface area (Å²) in [5.41, 5.74) is 1.57. The monoisotopic (exact) mass is 377 g/mol. The van der Waals surface area contributed by atoms with E-state index in [0.717, 1.165) is 22.2 Å². The van der Waals surface area contributed by atoms with Gasteiger partial charge in [0.15, 0.2) is 11.5 Å². The van der Waals surface area contributed by atoms with E-state index >= 15 is 0 Å². The van der Waals surface area contributed by atoms with Crippen LogP contribution in [0.2, 0.25) is 0 Å². The van der Waals surface area contributed by atoms with Crippen LogP contribution in [0, 0.1) is 0 Å². The van der Waals surface area contributed by atoms with Gasteiger partial charge < -0.3 is 14.8 Å². The van der Waals surface area contributed by atoms with Gasteiger partial charge in [0.05, 0.1) is 13.7 Å². The third-order valence-electron chi connectivity index (χ3n) is 3.23. The van der Waals surface area contributed by atoms with Crippen molar-refractivity contribution in [1.29, 1.82) is 0 Å². The Hall–Kier alpha value is -2.01. The number of carbonyl (C=O) groups is 1. The van der Waals surface area contributed by atoms with Crippen molar-refractivity contribution in [3.8, 4) is 11.5 Å². The van der Waals surface area contributed by atoms with E-state index in [0.29, 0.717) is 24.5 Å². The molecule has 0 aromatic heterocycles. The first kappa shape index (κ1) is 17.3. The number of methoxy groups -OCH3 is 1. The SMILES string of the molecule is CCCOc1ccc(CNC(=O)c2cccc(Br)c2)cc1OC. The zero-order valence-electron chi connectivity index (χ0n) is 13.3. The van der Waals surface area contributed by atoms with E-state index in [9.17, 15) is 4.79 Å². The zero-order chi connectivity index (χ0) is 16.7. The van der Waals surface area contributed by atoms with Gasteiger partial charge in [0.1, 0.15) is 0 Å². The van der Waals surface area contributed by atoms with Crippen LogP contribution in [0.4, 0.5) is 0 Å². The fourth-order valence-electron chi connectivity index (χ4n) is 2.07. The summed E-state index contributed by atoms with van der Waals surface area (Å²) >= 11 is 3.36. The van der Waals surface area contributed by atoms with E-state index in [1.54, 1.807) is 19.2 Å². The topological polar surface area (TPSA) is 47.6 Å². The highest BCUT2D eigenvalue weighted by Crippen LogP contribution is 2.28. The molecule has 0 unspecified atom stereocenters. The summed E-state index contributed by atoms with van der Waals surface area (Å²) in [6.45, 7) is 3.13. The van der Waals surface area contributed by atoms with Crippen molar-refractivity contribution in [2.24, 2.45) is 0 Å². The molecule has 122 valence electrons. The largest absolute Gasteiger partial charge is 0.493 e. The molecule has 2 rings (SSSR count). The molecule has 2 aromatic rings. The molecule has 0 fully saturated rings. The first-order valence-corrected chi connectivity index (χ1v) is 8.26. The van der Waals surface area contributed by atoms with Crippen molar-refractivity contribution in [3.05, 3.63) is 58.1 Å². The Kier molecular flexibility index (Phi) is 6.47. The van der Waals surface area contributed by atoms with Crippen LogP contribution in [0.25, 0.3) is 0 Å². The molecule has 0 bridgehead atoms. The summed E-state index contributed by atoms with van der Waals surface area (Å²) in [4.78, 5) is 12.1. The minimum absolute atomic E-state index is 0.114. The summed E-state index contributed by atoms with van der Waals surface area (Å²) in [6, 6.07) is 13.0. The average Bonchev–Trinajstić information content (AvgIpc) is 2.58. The molecule has 0 aliphatic rings. The second-order valence-electron chi connectivity index (χ2n) is 5.03. The number of nitrogens with one attached hydrogen (secondary N) is 1. The number of hydrogen-bond acceptors (Lipinski definition) is 3. The van der Waals surface area contributed by atoms with Crippen LogP contribution in [0.1, 0.15) is 29.3 Å². The lowest BCUT2D eigenvalue weighted by molar-refractivity contribution is 0.0951. The average molecular weight is 378 g/mol. The molecule has 0 spiro atoms. The number of rotatable bonds is 7. The number of ether oxygens (including phenoxy) is 2. The minimum Gasteiger partial charge on any atom is -0.493 e. The Bertz CT molecular complexity index is 673. The quantitative estimate of drug-likeness (QED) is 0.787. The lowest BCUT2D eigenvalue weighted by Crippen LogP contribution is -2.22. The predicted octanol–water partition coefficient (Wildman–Crippen LogP) is 4.18. The molecule has 0 heterocycles. The highest BCUT2D eigenvalue weighted by Gasteiger charge is 2.08. The van der Waals surface area contributed by atoms with E-state index in [-0.39, 0.29) is 5.91 Å². The second-order valence-corrected chi connectivity index (χ2v) is 5.94. The van der Waals surface area contributed by atoms with Crippen LogP contribution in [0.3, 0.4) is 0 Å². The molecule has 2 aromatic carbocycles. The summed E-state index contributed by atoms with van der Waals surface area (Å²) in [7, 11) is 1.61. The predicted molar refractivity (Wildman–Crippen MR) is 94.1 cm³/mol. The lowest BCUT2D eigenvalue weighted by Gasteiger charge is -2.12. The Morgan fingerprint density at radius 2 is 2.00 bits per heavy atom. The van der Waals surface area contributed by atoms with Crippen LogP contribution in [-0.4, -0.2) is 19.6 Å². The van der Waals surface area contributed by atoms with Gasteiger partial charge >= 0.3 is 0 Å². The maximum atomic E-state index is 12.1. The van der Waals surface area contributed by atoms with E-state index in [4.69, 9.17) is 9.47 Å². The number of carbonyl (C=O) groups excluding carboxylic acids is 1.